The van der Waals surface area contributed by atoms with Gasteiger partial charge in [-0.15, -0.1) is 13.2 Å². The zero-order valence-corrected chi connectivity index (χ0v) is 14.7. The first-order chi connectivity index (χ1) is 9.02. The lowest BCUT2D eigenvalue weighted by Crippen LogP contribution is -2.46. The molecule has 0 N–H and O–H groups in total. The summed E-state index contributed by atoms with van der Waals surface area (Å²) in [7, 11) is -0.566. The molecule has 114 valence electrons. The lowest BCUT2D eigenvalue weighted by Gasteiger charge is -2.40. The fourth-order valence-electron chi connectivity index (χ4n) is 2.47. The SMILES string of the molecule is C=CCC1(C(=O)OC)CC1(C=C)O[Si](C)(C)C(C)(C)C. The minimum absolute atomic E-state index is 0.0850. The van der Waals surface area contributed by atoms with Crippen molar-refractivity contribution < 1.29 is 14.0 Å². The normalized spacial score (nSPS) is 29.7. The largest absolute Gasteiger partial charge is 0.468 e. The van der Waals surface area contributed by atoms with Gasteiger partial charge in [-0.1, -0.05) is 32.9 Å². The Morgan fingerprint density at radius 2 is 1.90 bits per heavy atom. The van der Waals surface area contributed by atoms with Gasteiger partial charge in [0.15, 0.2) is 8.32 Å². The Balaban J connectivity index is 3.11. The van der Waals surface area contributed by atoms with Crippen molar-refractivity contribution in [2.75, 3.05) is 7.11 Å². The zero-order chi connectivity index (χ0) is 15.8. The van der Waals surface area contributed by atoms with Gasteiger partial charge in [0.1, 0.15) is 5.41 Å². The Hall–Kier alpha value is -0.873. The van der Waals surface area contributed by atoms with E-state index in [0.29, 0.717) is 12.8 Å². The fourth-order valence-corrected chi connectivity index (χ4v) is 4.04. The van der Waals surface area contributed by atoms with Gasteiger partial charge in [0.25, 0.3) is 0 Å². The average molecular weight is 296 g/mol. The van der Waals surface area contributed by atoms with Crippen LogP contribution in [0.25, 0.3) is 0 Å². The number of ether oxygens (including phenoxy) is 1. The molecular weight excluding hydrogens is 268 g/mol. The number of allylic oxidation sites excluding steroid dienone is 1. The first-order valence-electron chi connectivity index (χ1n) is 7.05. The predicted molar refractivity (Wildman–Crippen MR) is 85.1 cm³/mol. The van der Waals surface area contributed by atoms with E-state index in [1.807, 2.05) is 0 Å². The number of esters is 1. The van der Waals surface area contributed by atoms with Crippen molar-refractivity contribution in [2.24, 2.45) is 5.41 Å². The van der Waals surface area contributed by atoms with Crippen LogP contribution in [0.4, 0.5) is 0 Å². The molecule has 0 aromatic heterocycles. The molecule has 0 aromatic carbocycles. The monoisotopic (exact) mass is 296 g/mol. The van der Waals surface area contributed by atoms with Crippen molar-refractivity contribution in [3.05, 3.63) is 25.3 Å². The summed E-state index contributed by atoms with van der Waals surface area (Å²) in [6.45, 7) is 18.6. The van der Waals surface area contributed by atoms with Crippen LogP contribution in [0.3, 0.4) is 0 Å². The summed E-state index contributed by atoms with van der Waals surface area (Å²) in [6, 6.07) is 0. The van der Waals surface area contributed by atoms with E-state index in [-0.39, 0.29) is 11.0 Å². The van der Waals surface area contributed by atoms with Crippen molar-refractivity contribution in [2.45, 2.75) is 57.3 Å². The Morgan fingerprint density at radius 1 is 1.35 bits per heavy atom. The zero-order valence-electron chi connectivity index (χ0n) is 13.7. The topological polar surface area (TPSA) is 35.5 Å². The number of hydrogen-bond acceptors (Lipinski definition) is 3. The molecule has 0 spiro atoms. The van der Waals surface area contributed by atoms with E-state index >= 15 is 0 Å². The van der Waals surface area contributed by atoms with Crippen molar-refractivity contribution in [1.29, 1.82) is 0 Å². The standard InChI is InChI=1S/C16H28O3Si/c1-9-11-15(13(17)18-6)12-16(15,10-2)19-20(7,8)14(3,4)5/h9-10H,1-2,11-12H2,3-8H3. The van der Waals surface area contributed by atoms with Crippen molar-refractivity contribution in [3.63, 3.8) is 0 Å². The molecular formula is C16H28O3Si. The van der Waals surface area contributed by atoms with Gasteiger partial charge in [-0.2, -0.15) is 0 Å². The molecule has 1 aliphatic rings. The van der Waals surface area contributed by atoms with Crippen LogP contribution in [0.5, 0.6) is 0 Å². The fraction of sp³-hybridized carbons (Fsp3) is 0.688. The quantitative estimate of drug-likeness (QED) is 0.421. The minimum atomic E-state index is -1.99. The third kappa shape index (κ3) is 2.51. The molecule has 1 rings (SSSR count). The van der Waals surface area contributed by atoms with Crippen LogP contribution in [0.2, 0.25) is 18.1 Å². The highest BCUT2D eigenvalue weighted by Gasteiger charge is 2.73. The van der Waals surface area contributed by atoms with E-state index in [0.717, 1.165) is 0 Å². The van der Waals surface area contributed by atoms with Crippen LogP contribution in [-0.2, 0) is 14.0 Å². The molecule has 1 fully saturated rings. The molecule has 1 aliphatic carbocycles. The number of carbonyl (C=O) groups excluding carboxylic acids is 1. The summed E-state index contributed by atoms with van der Waals surface area (Å²) < 4.78 is 11.5. The van der Waals surface area contributed by atoms with E-state index in [1.165, 1.54) is 7.11 Å². The van der Waals surface area contributed by atoms with E-state index < -0.39 is 19.3 Å². The highest BCUT2D eigenvalue weighted by molar-refractivity contribution is 6.74. The van der Waals surface area contributed by atoms with Crippen LogP contribution < -0.4 is 0 Å². The highest BCUT2D eigenvalue weighted by Crippen LogP contribution is 2.64. The summed E-state index contributed by atoms with van der Waals surface area (Å²) in [4.78, 5) is 12.2. The molecule has 0 aromatic rings. The first kappa shape index (κ1) is 17.2. The molecule has 20 heavy (non-hydrogen) atoms. The van der Waals surface area contributed by atoms with E-state index in [9.17, 15) is 4.79 Å². The lowest BCUT2D eigenvalue weighted by molar-refractivity contribution is -0.149. The van der Waals surface area contributed by atoms with Crippen molar-refractivity contribution in [3.8, 4) is 0 Å². The molecule has 1 saturated carbocycles. The van der Waals surface area contributed by atoms with E-state index in [2.05, 4.69) is 47.0 Å². The maximum absolute atomic E-state index is 12.2. The molecule has 2 atom stereocenters. The number of rotatable bonds is 6. The van der Waals surface area contributed by atoms with Crippen molar-refractivity contribution in [1.82, 2.24) is 0 Å². The molecule has 0 bridgehead atoms. The predicted octanol–water partition coefficient (Wildman–Crippen LogP) is 4.07. The maximum atomic E-state index is 12.2. The molecule has 0 radical (unpaired) electrons. The van der Waals surface area contributed by atoms with Crippen molar-refractivity contribution >= 4 is 14.3 Å². The Kier molecular flexibility index (Phi) is 4.43. The van der Waals surface area contributed by atoms with Crippen LogP contribution in [0, 0.1) is 5.41 Å². The number of carbonyl (C=O) groups is 1. The summed E-state index contributed by atoms with van der Waals surface area (Å²) in [6.07, 6.45) is 4.74. The Labute approximate surface area is 124 Å². The van der Waals surface area contributed by atoms with E-state index in [4.69, 9.17) is 9.16 Å². The maximum Gasteiger partial charge on any atom is 0.315 e. The third-order valence-corrected chi connectivity index (χ3v) is 9.38. The Bertz CT molecular complexity index is 422. The minimum Gasteiger partial charge on any atom is -0.468 e. The summed E-state index contributed by atoms with van der Waals surface area (Å²) in [5.41, 5.74) is -1.24. The molecule has 3 nitrogen and oxygen atoms in total. The average Bonchev–Trinajstić information content (AvgIpc) is 2.96. The van der Waals surface area contributed by atoms with Gasteiger partial charge in [0, 0.05) is 0 Å². The Morgan fingerprint density at radius 3 is 2.25 bits per heavy atom. The second kappa shape index (κ2) is 5.15. The molecule has 0 saturated heterocycles. The van der Waals surface area contributed by atoms with Gasteiger partial charge >= 0.3 is 5.97 Å². The second-order valence-corrected chi connectivity index (χ2v) is 11.9. The molecule has 0 aliphatic heterocycles. The van der Waals surface area contributed by atoms with Gasteiger partial charge in [-0.05, 0) is 31.0 Å². The van der Waals surface area contributed by atoms with Gasteiger partial charge in [0.2, 0.25) is 0 Å². The molecule has 0 heterocycles. The van der Waals surface area contributed by atoms with Gasteiger partial charge in [-0.3, -0.25) is 4.79 Å². The second-order valence-electron chi connectivity index (χ2n) is 7.20. The van der Waals surface area contributed by atoms with E-state index in [1.54, 1.807) is 12.2 Å². The lowest BCUT2D eigenvalue weighted by atomic mass is 9.97. The van der Waals surface area contributed by atoms with Gasteiger partial charge in [0.05, 0.1) is 12.7 Å². The molecule has 4 heteroatoms. The first-order valence-corrected chi connectivity index (χ1v) is 9.96. The molecule has 0 amide bonds. The third-order valence-electron chi connectivity index (χ3n) is 4.89. The number of methoxy groups -OCH3 is 1. The molecule has 2 unspecified atom stereocenters. The summed E-state index contributed by atoms with van der Waals surface area (Å²) >= 11 is 0. The highest BCUT2D eigenvalue weighted by atomic mass is 28.4. The van der Waals surface area contributed by atoms with Crippen LogP contribution >= 0.6 is 0 Å². The van der Waals surface area contributed by atoms with Crippen LogP contribution in [-0.4, -0.2) is 27.0 Å². The summed E-state index contributed by atoms with van der Waals surface area (Å²) in [5, 5.41) is 0.0850. The number of hydrogen-bond donors (Lipinski definition) is 0. The smallest absolute Gasteiger partial charge is 0.315 e. The summed E-state index contributed by atoms with van der Waals surface area (Å²) in [5.74, 6) is -0.226. The van der Waals surface area contributed by atoms with Crippen LogP contribution in [0.15, 0.2) is 25.3 Å². The van der Waals surface area contributed by atoms with Crippen LogP contribution in [0.1, 0.15) is 33.6 Å². The van der Waals surface area contributed by atoms with Gasteiger partial charge < -0.3 is 9.16 Å². The van der Waals surface area contributed by atoms with Gasteiger partial charge in [-0.25, -0.2) is 0 Å².